The van der Waals surface area contributed by atoms with Crippen molar-refractivity contribution in [2.75, 3.05) is 10.1 Å². The Bertz CT molecular complexity index is 2950. The summed E-state index contributed by atoms with van der Waals surface area (Å²) in [6, 6.07) is 68.4. The van der Waals surface area contributed by atoms with Crippen LogP contribution in [0.5, 0.6) is 0 Å². The van der Waals surface area contributed by atoms with E-state index in [2.05, 4.69) is 225 Å². The number of hydrogen-bond donors (Lipinski definition) is 0. The van der Waals surface area contributed by atoms with Gasteiger partial charge in [-0.3, -0.25) is 0 Å². The van der Waals surface area contributed by atoms with Gasteiger partial charge < -0.3 is 4.57 Å². The summed E-state index contributed by atoms with van der Waals surface area (Å²) < 4.78 is 2.30. The summed E-state index contributed by atoms with van der Waals surface area (Å²) >= 11 is 0. The van der Waals surface area contributed by atoms with E-state index in [0.29, 0.717) is 0 Å². The van der Waals surface area contributed by atoms with Gasteiger partial charge in [0.25, 0.3) is 0 Å². The summed E-state index contributed by atoms with van der Waals surface area (Å²) in [5.74, 6) is 0.856. The van der Waals surface area contributed by atoms with Crippen LogP contribution in [-0.2, 0) is 21.1 Å². The van der Waals surface area contributed by atoms with Crippen molar-refractivity contribution >= 4 is 57.3 Å². The molecule has 0 unspecified atom stereocenters. The maximum atomic E-state index is 5.11. The molecule has 60 heavy (non-hydrogen) atoms. The Hall–Kier alpha value is -6.04. The summed E-state index contributed by atoms with van der Waals surface area (Å²) in [5.41, 5.74) is 12.0. The van der Waals surface area contributed by atoms with Crippen LogP contribution in [0, 0.1) is 12.1 Å². The van der Waals surface area contributed by atoms with Crippen LogP contribution in [0.1, 0.15) is 20.8 Å². The molecule has 0 spiro atoms. The zero-order valence-corrected chi connectivity index (χ0v) is 37.6. The molecule has 0 bridgehead atoms. The fourth-order valence-corrected chi connectivity index (χ4v) is 10.7. The van der Waals surface area contributed by atoms with E-state index in [0.717, 1.165) is 44.9 Å². The molecule has 1 N–H and O–H groups in total. The number of para-hydroxylation sites is 3. The zero-order chi connectivity index (χ0) is 40.3. The molecule has 7 aromatic carbocycles. The van der Waals surface area contributed by atoms with Gasteiger partial charge in [0.05, 0.1) is 8.07 Å². The fraction of sp³-hybridized carbons (Fsp3) is 0.113. The molecule has 3 heterocycles. The predicted molar refractivity (Wildman–Crippen MR) is 248 cm³/mol. The second-order valence-corrected chi connectivity index (χ2v) is 21.1. The summed E-state index contributed by atoms with van der Waals surface area (Å²) in [6.45, 7) is 11.4. The summed E-state index contributed by atoms with van der Waals surface area (Å²) in [4.78, 5) is 10.2. The summed E-state index contributed by atoms with van der Waals surface area (Å²) in [7, 11) is -2.35. The van der Waals surface area contributed by atoms with Crippen LogP contribution in [0.4, 0.5) is 17.1 Å². The third-order valence-corrected chi connectivity index (χ3v) is 14.9. The fourth-order valence-electron chi connectivity index (χ4n) is 8.54. The molecule has 0 aliphatic carbocycles. The molecule has 7 heteroatoms. The zero-order valence-electron chi connectivity index (χ0n) is 34.3. The summed E-state index contributed by atoms with van der Waals surface area (Å²) in [5, 5.41) is 8.88. The van der Waals surface area contributed by atoms with E-state index < -0.39 is 8.07 Å². The van der Waals surface area contributed by atoms with Crippen LogP contribution in [0.25, 0.3) is 61.0 Å². The molecule has 298 valence electrons. The Morgan fingerprint density at radius 2 is 1.18 bits per heavy atom. The molecule has 0 atom stereocenters. The van der Waals surface area contributed by atoms with Crippen molar-refractivity contribution in [1.82, 2.24) is 9.55 Å². The van der Waals surface area contributed by atoms with Crippen LogP contribution < -0.4 is 20.5 Å². The first-order valence-corrected chi connectivity index (χ1v) is 23.3. The molecule has 1 aliphatic rings. The van der Waals surface area contributed by atoms with Crippen molar-refractivity contribution in [1.29, 1.82) is 0 Å². The Balaban J connectivity index is 0.00000462. The van der Waals surface area contributed by atoms with Gasteiger partial charge in [-0.15, -0.1) is 21.6 Å². The first-order valence-electron chi connectivity index (χ1n) is 20.3. The smallest absolute Gasteiger partial charge is 0.145 e. The predicted octanol–water partition coefficient (Wildman–Crippen LogP) is 12.2. The van der Waals surface area contributed by atoms with Crippen LogP contribution in [-0.4, -0.2) is 28.1 Å². The van der Waals surface area contributed by atoms with Crippen LogP contribution in [0.3, 0.4) is 0 Å². The van der Waals surface area contributed by atoms with Gasteiger partial charge in [-0.2, -0.15) is 51.7 Å². The minimum atomic E-state index is -2.35. The average molecular weight is 977 g/mol. The van der Waals surface area contributed by atoms with E-state index in [1.54, 1.807) is 0 Å². The second kappa shape index (κ2) is 15.5. The van der Waals surface area contributed by atoms with Crippen LogP contribution in [0.2, 0.25) is 13.1 Å². The molecule has 9 aromatic rings. The van der Waals surface area contributed by atoms with Gasteiger partial charge in [0.15, 0.2) is 0 Å². The van der Waals surface area contributed by atoms with Gasteiger partial charge in [0.2, 0.25) is 0 Å². The molecule has 1 aliphatic heterocycles. The molecular weight excluding hydrogens is 932 g/mol. The van der Waals surface area contributed by atoms with E-state index in [9.17, 15) is 0 Å². The average Bonchev–Trinajstić information content (AvgIpc) is 3.84. The van der Waals surface area contributed by atoms with Crippen molar-refractivity contribution in [2.24, 2.45) is 0 Å². The van der Waals surface area contributed by atoms with Gasteiger partial charge in [0, 0.05) is 38.5 Å². The molecule has 2 aromatic heterocycles. The molecule has 0 amide bonds. The van der Waals surface area contributed by atoms with E-state index in [1.165, 1.54) is 43.6 Å². The maximum Gasteiger partial charge on any atom is 0.145 e. The topological polar surface area (TPSA) is 37.1 Å². The number of aromatic nitrogens is 2. The monoisotopic (exact) mass is 976 g/mol. The van der Waals surface area contributed by atoms with Crippen molar-refractivity contribution in [3.8, 4) is 39.2 Å². The number of nitrogens with zero attached hydrogens (tertiary/aromatic N) is 4. The quantitative estimate of drug-likeness (QED) is 0.0907. The SMILES string of the molecule is CC(C)(C)N1[OH+]N(c2[c-]c([Si](C)(C)c3[c-]c4c(cc3)c3ccccc3n4-c3cc(-c4c(-c5ccccc5)cccc4-c4ccccc4)ccn3)ccc2)c2ccccc21.[Pt]. The molecule has 5 nitrogen and oxygen atoms in total. The number of anilines is 3. The van der Waals surface area contributed by atoms with Crippen molar-refractivity contribution in [2.45, 2.75) is 39.4 Å². The molecule has 0 saturated heterocycles. The van der Waals surface area contributed by atoms with Crippen molar-refractivity contribution < 1.29 is 26.0 Å². The van der Waals surface area contributed by atoms with E-state index >= 15 is 0 Å². The Kier molecular flexibility index (Phi) is 10.2. The molecule has 0 saturated carbocycles. The normalized spacial score (nSPS) is 12.8. The largest absolute Gasteiger partial charge is 0.319 e. The number of fused-ring (bicyclic) bond motifs is 4. The molecule has 0 radical (unpaired) electrons. The first-order chi connectivity index (χ1) is 28.7. The Morgan fingerprint density at radius 3 is 1.88 bits per heavy atom. The van der Waals surface area contributed by atoms with E-state index in [4.69, 9.17) is 9.92 Å². The van der Waals surface area contributed by atoms with Gasteiger partial charge >= 0.3 is 0 Å². The molecular formula is C53H45N4OPtSi-. The number of rotatable bonds is 7. The van der Waals surface area contributed by atoms with E-state index in [1.807, 2.05) is 11.3 Å². The minimum Gasteiger partial charge on any atom is -0.319 e. The van der Waals surface area contributed by atoms with Crippen molar-refractivity contribution in [3.05, 3.63) is 188 Å². The van der Waals surface area contributed by atoms with Gasteiger partial charge in [-0.1, -0.05) is 128 Å². The van der Waals surface area contributed by atoms with Gasteiger partial charge in [0.1, 0.15) is 22.7 Å². The Labute approximate surface area is 367 Å². The van der Waals surface area contributed by atoms with Gasteiger partial charge in [-0.25, -0.2) is 4.98 Å². The van der Waals surface area contributed by atoms with Crippen molar-refractivity contribution in [3.63, 3.8) is 0 Å². The number of hydrogen-bond acceptors (Lipinski definition) is 3. The maximum absolute atomic E-state index is 5.11. The van der Waals surface area contributed by atoms with Gasteiger partial charge in [-0.05, 0) is 89.9 Å². The summed E-state index contributed by atoms with van der Waals surface area (Å²) in [6.07, 6.45) is 1.95. The third kappa shape index (κ3) is 6.79. The molecule has 10 rings (SSSR count). The minimum absolute atomic E-state index is 0. The van der Waals surface area contributed by atoms with E-state index in [-0.39, 0.29) is 26.6 Å². The third-order valence-electron chi connectivity index (χ3n) is 11.6. The standard InChI is InChI=1S/C53H44N4OSi.Pt/c1-53(2,3)57-49-29-15-14-28-48(49)56(58-57)40-22-16-23-41(35-40)59(4,5)42-30-31-46-45-24-12-13-27-47(45)55(50(46)36-42)51-34-39(32-33-54-51)52-43(37-18-8-6-9-19-37)25-17-26-44(52)38-20-10-7-11-21-38;/h6-34H,1-5H3;/q-2;/p+1. The Morgan fingerprint density at radius 1 is 0.567 bits per heavy atom. The van der Waals surface area contributed by atoms with Crippen LogP contribution >= 0.6 is 0 Å². The number of hydroxylamine groups is 1. The second-order valence-electron chi connectivity index (χ2n) is 16.8. The number of pyridine rings is 1. The first kappa shape index (κ1) is 39.4. The van der Waals surface area contributed by atoms with Crippen LogP contribution in [0.15, 0.2) is 176 Å². The number of benzene rings is 7. The molecule has 0 fully saturated rings.